The van der Waals surface area contributed by atoms with Crippen molar-refractivity contribution in [3.8, 4) is 67.5 Å². The quantitative estimate of drug-likeness (QED) is 0.161. The molecule has 3 aromatic heterocycles. The Morgan fingerprint density at radius 3 is 1.42 bits per heavy atom. The number of para-hydroxylation sites is 4. The Bertz CT molecular complexity index is 3630. The molecule has 4 heteroatoms. The number of nitrogens with zero attached hydrogens (tertiary/aromatic N) is 4. The topological polar surface area (TPSA) is 35.6 Å². The Balaban J connectivity index is 1.15. The second-order valence-corrected chi connectivity index (χ2v) is 16.7. The van der Waals surface area contributed by atoms with Crippen LogP contribution in [0.3, 0.4) is 0 Å². The van der Waals surface area contributed by atoms with Crippen molar-refractivity contribution < 1.29 is 0 Å². The summed E-state index contributed by atoms with van der Waals surface area (Å²) in [5.74, 6) is 0.668. The lowest BCUT2D eigenvalue weighted by Gasteiger charge is -2.20. The molecular weight excluding hydrogens is 777 g/mol. The van der Waals surface area contributed by atoms with E-state index in [1.165, 1.54) is 54.8 Å². The molecule has 3 heterocycles. The summed E-state index contributed by atoms with van der Waals surface area (Å²) in [5.41, 5.74) is 18.8. The lowest BCUT2D eigenvalue weighted by molar-refractivity contribution is 1.15. The van der Waals surface area contributed by atoms with E-state index in [9.17, 15) is 0 Å². The average Bonchev–Trinajstić information content (AvgIpc) is 3.87. The summed E-state index contributed by atoms with van der Waals surface area (Å²) in [6.45, 7) is 4.37. The van der Waals surface area contributed by atoms with Gasteiger partial charge >= 0.3 is 0 Å². The van der Waals surface area contributed by atoms with E-state index in [4.69, 9.17) is 9.97 Å². The van der Waals surface area contributed by atoms with E-state index in [0.29, 0.717) is 5.82 Å². The fourth-order valence-electron chi connectivity index (χ4n) is 9.79. The Hall–Kier alpha value is -8.34. The molecule has 0 aliphatic heterocycles. The van der Waals surface area contributed by atoms with E-state index in [1.54, 1.807) is 0 Å². The van der Waals surface area contributed by atoms with Crippen LogP contribution >= 0.6 is 0 Å². The summed E-state index contributed by atoms with van der Waals surface area (Å²) < 4.78 is 4.88. The summed E-state index contributed by atoms with van der Waals surface area (Å²) >= 11 is 0. The fraction of sp³-hybridized carbons (Fsp3) is 0.0333. The highest BCUT2D eigenvalue weighted by Gasteiger charge is 2.22. The van der Waals surface area contributed by atoms with Crippen molar-refractivity contribution in [1.29, 1.82) is 0 Å². The minimum atomic E-state index is 0.668. The van der Waals surface area contributed by atoms with Gasteiger partial charge in [0.05, 0.1) is 44.8 Å². The molecule has 0 spiro atoms. The number of aryl methyl sites for hydroxylation is 2. The number of rotatable bonds is 7. The lowest BCUT2D eigenvalue weighted by Crippen LogP contribution is -2.03. The molecule has 0 amide bonds. The molecule has 0 saturated heterocycles. The van der Waals surface area contributed by atoms with Crippen LogP contribution in [0.5, 0.6) is 0 Å². The van der Waals surface area contributed by atoms with Crippen molar-refractivity contribution >= 4 is 43.6 Å². The Labute approximate surface area is 372 Å². The predicted octanol–water partition coefficient (Wildman–Crippen LogP) is 15.6. The number of fused-ring (bicyclic) bond motifs is 6. The average molecular weight is 819 g/mol. The third-order valence-electron chi connectivity index (χ3n) is 12.7. The van der Waals surface area contributed by atoms with Crippen LogP contribution < -0.4 is 0 Å². The van der Waals surface area contributed by atoms with Crippen LogP contribution in [0.4, 0.5) is 0 Å². The monoisotopic (exact) mass is 818 g/mol. The van der Waals surface area contributed by atoms with E-state index in [-0.39, 0.29) is 0 Å². The molecule has 0 atom stereocenters. The number of aromatic nitrogens is 4. The van der Waals surface area contributed by atoms with Gasteiger partial charge < -0.3 is 9.13 Å². The molecule has 0 N–H and O–H groups in total. The standard InChI is InChI=1S/C60H42N4/c1-39-29-32-45(40(2)35-39)43-31-34-58-51(36-43)49-24-12-16-28-57(49)64(58)59-37-44(60-61-52(41-17-5-3-6-18-41)38-53(62-60)42-19-7-4-8-20-42)30-33-50(59)48-23-11-15-27-56(48)63-54-25-13-9-21-46(54)47-22-10-14-26-55(47)63/h3-38H,1-2H3. The van der Waals surface area contributed by atoms with E-state index >= 15 is 0 Å². The van der Waals surface area contributed by atoms with Crippen molar-refractivity contribution in [3.05, 3.63) is 230 Å². The molecule has 9 aromatic carbocycles. The molecule has 0 radical (unpaired) electrons. The van der Waals surface area contributed by atoms with Gasteiger partial charge in [-0.05, 0) is 79.1 Å². The van der Waals surface area contributed by atoms with E-state index in [1.807, 2.05) is 12.1 Å². The molecule has 64 heavy (non-hydrogen) atoms. The van der Waals surface area contributed by atoms with Gasteiger partial charge in [-0.3, -0.25) is 0 Å². The summed E-state index contributed by atoms with van der Waals surface area (Å²) in [5, 5.41) is 4.86. The van der Waals surface area contributed by atoms with Gasteiger partial charge in [-0.25, -0.2) is 9.97 Å². The Morgan fingerprint density at radius 2 is 0.797 bits per heavy atom. The summed E-state index contributed by atoms with van der Waals surface area (Å²) in [6.07, 6.45) is 0. The minimum absolute atomic E-state index is 0.668. The predicted molar refractivity (Wildman–Crippen MR) is 267 cm³/mol. The smallest absolute Gasteiger partial charge is 0.160 e. The molecule has 302 valence electrons. The molecule has 0 bridgehead atoms. The fourth-order valence-corrected chi connectivity index (χ4v) is 9.79. The summed E-state index contributed by atoms with van der Waals surface area (Å²) in [7, 11) is 0. The summed E-state index contributed by atoms with van der Waals surface area (Å²) in [6, 6.07) is 78.5. The number of hydrogen-bond acceptors (Lipinski definition) is 2. The molecule has 0 aliphatic carbocycles. The zero-order valence-electron chi connectivity index (χ0n) is 35.6. The van der Waals surface area contributed by atoms with Gasteiger partial charge in [-0.15, -0.1) is 0 Å². The highest BCUT2D eigenvalue weighted by Crippen LogP contribution is 2.43. The van der Waals surface area contributed by atoms with Crippen LogP contribution in [0.2, 0.25) is 0 Å². The van der Waals surface area contributed by atoms with Crippen LogP contribution in [-0.2, 0) is 0 Å². The maximum absolute atomic E-state index is 5.31. The van der Waals surface area contributed by atoms with Gasteiger partial charge in [-0.1, -0.05) is 175 Å². The third-order valence-corrected chi connectivity index (χ3v) is 12.7. The third kappa shape index (κ3) is 6.22. The van der Waals surface area contributed by atoms with Crippen molar-refractivity contribution in [1.82, 2.24) is 19.1 Å². The molecule has 0 aliphatic rings. The van der Waals surface area contributed by atoms with Gasteiger partial charge in [0, 0.05) is 49.4 Å². The van der Waals surface area contributed by atoms with Crippen molar-refractivity contribution in [3.63, 3.8) is 0 Å². The number of hydrogen-bond donors (Lipinski definition) is 0. The normalized spacial score (nSPS) is 11.6. The molecule has 12 aromatic rings. The Kier molecular flexibility index (Phi) is 8.91. The van der Waals surface area contributed by atoms with Gasteiger partial charge in [0.15, 0.2) is 5.82 Å². The second kappa shape index (κ2) is 15.2. The van der Waals surface area contributed by atoms with E-state index in [2.05, 4.69) is 229 Å². The largest absolute Gasteiger partial charge is 0.309 e. The SMILES string of the molecule is Cc1ccc(-c2ccc3c(c2)c2ccccc2n3-c2cc(-c3nc(-c4ccccc4)cc(-c4ccccc4)n3)ccc2-c2ccccc2-n2c3ccccc3c3ccccc32)c(C)c1. The summed E-state index contributed by atoms with van der Waals surface area (Å²) in [4.78, 5) is 10.6. The van der Waals surface area contributed by atoms with Crippen LogP contribution in [0.25, 0.3) is 111 Å². The first kappa shape index (κ1) is 37.4. The lowest BCUT2D eigenvalue weighted by atomic mass is 9.97. The highest BCUT2D eigenvalue weighted by atomic mass is 15.0. The van der Waals surface area contributed by atoms with Crippen molar-refractivity contribution in [2.45, 2.75) is 13.8 Å². The molecule has 4 nitrogen and oxygen atoms in total. The van der Waals surface area contributed by atoms with Crippen LogP contribution in [0.1, 0.15) is 11.1 Å². The number of benzene rings is 9. The highest BCUT2D eigenvalue weighted by molar-refractivity contribution is 6.12. The van der Waals surface area contributed by atoms with Crippen LogP contribution in [-0.4, -0.2) is 19.1 Å². The Morgan fingerprint density at radius 1 is 0.312 bits per heavy atom. The van der Waals surface area contributed by atoms with E-state index in [0.717, 1.165) is 61.6 Å². The van der Waals surface area contributed by atoms with Crippen LogP contribution in [0, 0.1) is 13.8 Å². The zero-order valence-corrected chi connectivity index (χ0v) is 35.6. The second-order valence-electron chi connectivity index (χ2n) is 16.7. The van der Waals surface area contributed by atoms with Crippen LogP contribution in [0.15, 0.2) is 218 Å². The first-order valence-corrected chi connectivity index (χ1v) is 21.9. The van der Waals surface area contributed by atoms with Gasteiger partial charge in [-0.2, -0.15) is 0 Å². The van der Waals surface area contributed by atoms with Gasteiger partial charge in [0.2, 0.25) is 0 Å². The molecule has 0 saturated carbocycles. The molecular formula is C60H42N4. The zero-order chi connectivity index (χ0) is 42.7. The first-order chi connectivity index (χ1) is 31.6. The minimum Gasteiger partial charge on any atom is -0.309 e. The van der Waals surface area contributed by atoms with E-state index < -0.39 is 0 Å². The van der Waals surface area contributed by atoms with Gasteiger partial charge in [0.1, 0.15) is 0 Å². The maximum atomic E-state index is 5.31. The van der Waals surface area contributed by atoms with Crippen molar-refractivity contribution in [2.75, 3.05) is 0 Å². The van der Waals surface area contributed by atoms with Gasteiger partial charge in [0.25, 0.3) is 0 Å². The maximum Gasteiger partial charge on any atom is 0.160 e. The molecule has 0 unspecified atom stereocenters. The molecule has 12 rings (SSSR count). The molecule has 0 fully saturated rings. The first-order valence-electron chi connectivity index (χ1n) is 21.9. The van der Waals surface area contributed by atoms with Crippen molar-refractivity contribution in [2.24, 2.45) is 0 Å².